The van der Waals surface area contributed by atoms with Gasteiger partial charge >= 0.3 is 11.9 Å². The van der Waals surface area contributed by atoms with Gasteiger partial charge in [0.2, 0.25) is 0 Å². The van der Waals surface area contributed by atoms with Crippen LogP contribution in [0.3, 0.4) is 0 Å². The summed E-state index contributed by atoms with van der Waals surface area (Å²) in [4.78, 5) is 34.9. The molecule has 0 aliphatic carbocycles. The van der Waals surface area contributed by atoms with Gasteiger partial charge in [-0.1, -0.05) is 45.4 Å². The average Bonchev–Trinajstić information content (AvgIpc) is 2.61. The van der Waals surface area contributed by atoms with Gasteiger partial charge in [-0.2, -0.15) is 0 Å². The lowest BCUT2D eigenvalue weighted by Crippen LogP contribution is -2.37. The molecule has 0 spiro atoms. The lowest BCUT2D eigenvalue weighted by Gasteiger charge is -2.28. The summed E-state index contributed by atoms with van der Waals surface area (Å²) in [6, 6.07) is 0. The fraction of sp³-hybridized carbons (Fsp3) is 0.900. The summed E-state index contributed by atoms with van der Waals surface area (Å²) >= 11 is 0. The van der Waals surface area contributed by atoms with E-state index in [0.717, 1.165) is 19.3 Å². The molecular formula is C20H40NO8P. The van der Waals surface area contributed by atoms with Crippen LogP contribution in [-0.2, 0) is 32.7 Å². The van der Waals surface area contributed by atoms with E-state index in [2.05, 4.69) is 6.92 Å². The first-order chi connectivity index (χ1) is 13.9. The number of ether oxygens (including phenoxy) is 2. The maximum absolute atomic E-state index is 11.9. The molecular weight excluding hydrogens is 413 g/mol. The monoisotopic (exact) mass is 453 g/mol. The van der Waals surface area contributed by atoms with Crippen LogP contribution < -0.4 is 4.89 Å². The second kappa shape index (κ2) is 15.8. The Hall–Kier alpha value is -0.990. The number of nitrogens with zero attached hydrogens (tertiary/aromatic N) is 1. The Morgan fingerprint density at radius 1 is 0.967 bits per heavy atom. The second-order valence-electron chi connectivity index (χ2n) is 8.38. The number of carbonyl (C=O) groups is 2. The summed E-state index contributed by atoms with van der Waals surface area (Å²) in [6.45, 7) is 3.04. The van der Waals surface area contributed by atoms with Crippen molar-refractivity contribution in [3.63, 3.8) is 0 Å². The summed E-state index contributed by atoms with van der Waals surface area (Å²) in [5.41, 5.74) is 0. The van der Waals surface area contributed by atoms with Crippen LogP contribution in [0.2, 0.25) is 0 Å². The summed E-state index contributed by atoms with van der Waals surface area (Å²) in [5.74, 6) is -1.04. The van der Waals surface area contributed by atoms with Gasteiger partial charge in [-0.25, -0.2) is 0 Å². The van der Waals surface area contributed by atoms with Gasteiger partial charge in [0.15, 0.2) is 6.10 Å². The molecule has 0 radical (unpaired) electrons. The number of phosphoric acid groups is 1. The highest BCUT2D eigenvalue weighted by molar-refractivity contribution is 7.45. The van der Waals surface area contributed by atoms with Crippen molar-refractivity contribution in [1.29, 1.82) is 0 Å². The zero-order valence-corrected chi connectivity index (χ0v) is 20.1. The second-order valence-corrected chi connectivity index (χ2v) is 9.79. The Labute approximate surface area is 181 Å². The van der Waals surface area contributed by atoms with Crippen molar-refractivity contribution in [2.45, 2.75) is 71.3 Å². The van der Waals surface area contributed by atoms with Crippen LogP contribution in [-0.4, -0.2) is 70.0 Å². The molecule has 0 bridgehead atoms. The lowest BCUT2D eigenvalue weighted by atomic mass is 10.1. The number of hydrogen-bond donors (Lipinski definition) is 0. The van der Waals surface area contributed by atoms with Crippen molar-refractivity contribution in [2.75, 3.05) is 47.5 Å². The quantitative estimate of drug-likeness (QED) is 0.135. The number of carbonyl (C=O) groups excluding carboxylic acids is 2. The van der Waals surface area contributed by atoms with Crippen LogP contribution >= 0.6 is 7.82 Å². The zero-order chi connectivity index (χ0) is 23.0. The number of rotatable bonds is 18. The van der Waals surface area contributed by atoms with E-state index in [4.69, 9.17) is 18.5 Å². The third kappa shape index (κ3) is 19.0. The maximum atomic E-state index is 11.9. The van der Waals surface area contributed by atoms with Crippen LogP contribution in [0.5, 0.6) is 0 Å². The molecule has 0 N–H and O–H groups in total. The van der Waals surface area contributed by atoms with Crippen molar-refractivity contribution in [3.8, 4) is 0 Å². The third-order valence-electron chi connectivity index (χ3n) is 4.18. The highest BCUT2D eigenvalue weighted by Gasteiger charge is 2.20. The van der Waals surface area contributed by atoms with Gasteiger partial charge in [0, 0.05) is 13.3 Å². The molecule has 0 saturated heterocycles. The molecule has 0 aliphatic heterocycles. The molecule has 0 aromatic rings. The van der Waals surface area contributed by atoms with Gasteiger partial charge in [0.25, 0.3) is 7.82 Å². The van der Waals surface area contributed by atoms with Gasteiger partial charge in [-0.3, -0.25) is 14.2 Å². The van der Waals surface area contributed by atoms with Crippen LogP contribution in [0.15, 0.2) is 0 Å². The first kappa shape index (κ1) is 29.0. The van der Waals surface area contributed by atoms with E-state index >= 15 is 0 Å². The summed E-state index contributed by atoms with van der Waals surface area (Å²) < 4.78 is 32.0. The van der Waals surface area contributed by atoms with Crippen molar-refractivity contribution in [2.24, 2.45) is 0 Å². The standard InChI is InChI=1S/C20H40NO8P/c1-6-7-8-9-10-11-12-13-20(23)26-16-19(29-18(2)22)17-28-30(24,25)27-15-14-21(3,4)5/h19H,6-17H2,1-5H3/t19-/m1/s1. The molecule has 0 aromatic heterocycles. The van der Waals surface area contributed by atoms with E-state index in [-0.39, 0.29) is 19.6 Å². The lowest BCUT2D eigenvalue weighted by molar-refractivity contribution is -0.870. The predicted octanol–water partition coefficient (Wildman–Crippen LogP) is 2.81. The van der Waals surface area contributed by atoms with Gasteiger partial charge in [0.05, 0.1) is 27.7 Å². The summed E-state index contributed by atoms with van der Waals surface area (Å²) in [5, 5.41) is 0. The molecule has 0 saturated carbocycles. The van der Waals surface area contributed by atoms with Crippen molar-refractivity contribution in [1.82, 2.24) is 0 Å². The van der Waals surface area contributed by atoms with Gasteiger partial charge < -0.3 is 27.9 Å². The number of unbranched alkanes of at least 4 members (excludes halogenated alkanes) is 6. The van der Waals surface area contributed by atoms with E-state index in [1.807, 2.05) is 21.1 Å². The molecule has 0 fully saturated rings. The molecule has 178 valence electrons. The van der Waals surface area contributed by atoms with Crippen molar-refractivity contribution in [3.05, 3.63) is 0 Å². The molecule has 1 unspecified atom stereocenters. The summed E-state index contributed by atoms with van der Waals surface area (Å²) in [7, 11) is 1.15. The molecule has 30 heavy (non-hydrogen) atoms. The van der Waals surface area contributed by atoms with E-state index in [1.165, 1.54) is 32.6 Å². The first-order valence-corrected chi connectivity index (χ1v) is 12.1. The minimum Gasteiger partial charge on any atom is -0.756 e. The van der Waals surface area contributed by atoms with Crippen molar-refractivity contribution >= 4 is 19.8 Å². The fourth-order valence-electron chi connectivity index (χ4n) is 2.47. The smallest absolute Gasteiger partial charge is 0.305 e. The summed E-state index contributed by atoms with van der Waals surface area (Å²) in [6.07, 6.45) is 6.84. The largest absolute Gasteiger partial charge is 0.756 e. The Kier molecular flexibility index (Phi) is 15.2. The Morgan fingerprint density at radius 2 is 1.57 bits per heavy atom. The van der Waals surface area contributed by atoms with E-state index < -0.39 is 32.5 Å². The molecule has 2 atom stereocenters. The number of quaternary nitrogens is 1. The Balaban J connectivity index is 4.21. The number of phosphoric ester groups is 1. The minimum absolute atomic E-state index is 0.0318. The number of hydrogen-bond acceptors (Lipinski definition) is 8. The topological polar surface area (TPSA) is 111 Å². The SMILES string of the molecule is CCCCCCCCCC(=O)OC[C@H](COP(=O)([O-])OCC[N+](C)(C)C)OC(C)=O. The van der Waals surface area contributed by atoms with Gasteiger partial charge in [0.1, 0.15) is 19.8 Å². The molecule has 9 nitrogen and oxygen atoms in total. The number of esters is 2. The average molecular weight is 454 g/mol. The van der Waals surface area contributed by atoms with Crippen LogP contribution in [0.1, 0.15) is 65.2 Å². The zero-order valence-electron chi connectivity index (χ0n) is 19.2. The van der Waals surface area contributed by atoms with Crippen LogP contribution in [0.25, 0.3) is 0 Å². The molecule has 0 rings (SSSR count). The minimum atomic E-state index is -4.55. The van der Waals surface area contributed by atoms with Gasteiger partial charge in [-0.15, -0.1) is 0 Å². The van der Waals surface area contributed by atoms with E-state index in [1.54, 1.807) is 0 Å². The van der Waals surface area contributed by atoms with Gasteiger partial charge in [-0.05, 0) is 6.42 Å². The van der Waals surface area contributed by atoms with Crippen LogP contribution in [0, 0.1) is 0 Å². The molecule has 0 aromatic carbocycles. The van der Waals surface area contributed by atoms with E-state index in [9.17, 15) is 19.0 Å². The molecule has 0 amide bonds. The third-order valence-corrected chi connectivity index (χ3v) is 5.14. The molecule has 10 heteroatoms. The molecule has 0 aliphatic rings. The normalized spacial score (nSPS) is 14.7. The Morgan fingerprint density at radius 3 is 2.13 bits per heavy atom. The Bertz CT molecular complexity index is 535. The highest BCUT2D eigenvalue weighted by atomic mass is 31.2. The fourth-order valence-corrected chi connectivity index (χ4v) is 3.20. The van der Waals surface area contributed by atoms with Crippen LogP contribution in [0.4, 0.5) is 0 Å². The molecule has 0 heterocycles. The predicted molar refractivity (Wildman–Crippen MR) is 112 cm³/mol. The van der Waals surface area contributed by atoms with E-state index in [0.29, 0.717) is 11.0 Å². The highest BCUT2D eigenvalue weighted by Crippen LogP contribution is 2.38. The number of likely N-dealkylation sites (N-methyl/N-ethyl adjacent to an activating group) is 1. The van der Waals surface area contributed by atoms with Crippen molar-refractivity contribution < 1.29 is 42.1 Å². The maximum Gasteiger partial charge on any atom is 0.305 e. The first-order valence-electron chi connectivity index (χ1n) is 10.7.